The smallest absolute Gasteiger partial charge is 0.302 e. The Balaban J connectivity index is 1.44. The molecular formula is C25H40O5. The number of hydrogen-bond donors (Lipinski definition) is 1. The molecule has 1 heterocycles. The minimum absolute atomic E-state index is 0.0576. The van der Waals surface area contributed by atoms with Crippen molar-refractivity contribution in [3.63, 3.8) is 0 Å². The van der Waals surface area contributed by atoms with Crippen LogP contribution >= 0.6 is 0 Å². The number of aliphatic hydroxyl groups is 1. The number of rotatable bonds is 3. The van der Waals surface area contributed by atoms with Gasteiger partial charge < -0.3 is 19.3 Å². The summed E-state index contributed by atoms with van der Waals surface area (Å²) < 4.78 is 18.3. The Morgan fingerprint density at radius 1 is 1.00 bits per heavy atom. The van der Waals surface area contributed by atoms with Gasteiger partial charge in [-0.05, 0) is 86.4 Å². The van der Waals surface area contributed by atoms with Crippen molar-refractivity contribution < 1.29 is 24.1 Å². The average Bonchev–Trinajstić information content (AvgIpc) is 3.29. The summed E-state index contributed by atoms with van der Waals surface area (Å²) in [7, 11) is 0. The van der Waals surface area contributed by atoms with E-state index in [1.807, 2.05) is 0 Å². The number of fused-ring (bicyclic) bond motifs is 6. The van der Waals surface area contributed by atoms with Gasteiger partial charge in [-0.25, -0.2) is 0 Å². The fourth-order valence-electron chi connectivity index (χ4n) is 9.18. The molecule has 1 saturated heterocycles. The van der Waals surface area contributed by atoms with E-state index in [1.165, 1.54) is 32.6 Å². The topological polar surface area (TPSA) is 65.0 Å². The Hall–Kier alpha value is -0.650. The molecule has 170 valence electrons. The Morgan fingerprint density at radius 2 is 1.73 bits per heavy atom. The summed E-state index contributed by atoms with van der Waals surface area (Å²) in [5, 5.41) is 9.88. The molecule has 4 aliphatic carbocycles. The molecule has 1 N–H and O–H groups in total. The van der Waals surface area contributed by atoms with Gasteiger partial charge in [0.15, 0.2) is 5.79 Å². The van der Waals surface area contributed by atoms with E-state index in [2.05, 4.69) is 13.8 Å². The third-order valence-electron chi connectivity index (χ3n) is 10.4. The molecular weight excluding hydrogens is 380 g/mol. The summed E-state index contributed by atoms with van der Waals surface area (Å²) in [6.45, 7) is 8.23. The zero-order chi connectivity index (χ0) is 21.1. The van der Waals surface area contributed by atoms with Crippen molar-refractivity contribution in [3.05, 3.63) is 0 Å². The lowest BCUT2D eigenvalue weighted by Crippen LogP contribution is -2.59. The molecule has 5 heteroatoms. The lowest BCUT2D eigenvalue weighted by atomic mass is 9.42. The first kappa shape index (κ1) is 21.2. The highest BCUT2D eigenvalue weighted by Crippen LogP contribution is 2.70. The standard InChI is InChI=1S/C25H40O5/c1-16(27)30-18-4-8-23(2)20-5-9-24(3)21(6-10-25(24)28-12-13-29-25)19(20)14-17(7-11-26)22(23)15-18/h17-22,26H,4-15H2,1-3H3/t17-,18+,19-,20+,21+,22-,23-,24+/m1/s1. The van der Waals surface area contributed by atoms with E-state index < -0.39 is 0 Å². The Bertz CT molecular complexity index is 672. The van der Waals surface area contributed by atoms with Gasteiger partial charge >= 0.3 is 5.97 Å². The Labute approximate surface area is 181 Å². The predicted molar refractivity (Wildman–Crippen MR) is 112 cm³/mol. The molecule has 4 saturated carbocycles. The zero-order valence-corrected chi connectivity index (χ0v) is 19.0. The molecule has 5 aliphatic rings. The maximum Gasteiger partial charge on any atom is 0.302 e. The van der Waals surface area contributed by atoms with Crippen LogP contribution in [0.25, 0.3) is 0 Å². The molecule has 30 heavy (non-hydrogen) atoms. The average molecular weight is 421 g/mol. The first-order chi connectivity index (χ1) is 14.3. The minimum Gasteiger partial charge on any atom is -0.463 e. The second-order valence-electron chi connectivity index (χ2n) is 11.4. The number of carbonyl (C=O) groups excluding carboxylic acids is 1. The van der Waals surface area contributed by atoms with Crippen molar-refractivity contribution in [2.75, 3.05) is 19.8 Å². The Kier molecular flexibility index (Phi) is 5.27. The van der Waals surface area contributed by atoms with Gasteiger partial charge in [-0.2, -0.15) is 0 Å². The van der Waals surface area contributed by atoms with Crippen LogP contribution in [0.3, 0.4) is 0 Å². The number of hydrogen-bond acceptors (Lipinski definition) is 5. The largest absolute Gasteiger partial charge is 0.463 e. The quantitative estimate of drug-likeness (QED) is 0.689. The van der Waals surface area contributed by atoms with Crippen LogP contribution in [-0.4, -0.2) is 42.8 Å². The first-order valence-corrected chi connectivity index (χ1v) is 12.4. The summed E-state index contributed by atoms with van der Waals surface area (Å²) in [6, 6.07) is 0. The maximum atomic E-state index is 11.6. The second-order valence-corrected chi connectivity index (χ2v) is 11.4. The maximum absolute atomic E-state index is 11.6. The summed E-state index contributed by atoms with van der Waals surface area (Å²) in [5.41, 5.74) is 0.403. The summed E-state index contributed by atoms with van der Waals surface area (Å²) in [5.74, 6) is 2.63. The highest BCUT2D eigenvalue weighted by Gasteiger charge is 2.68. The van der Waals surface area contributed by atoms with E-state index in [1.54, 1.807) is 0 Å². The lowest BCUT2D eigenvalue weighted by molar-refractivity contribution is -0.251. The molecule has 1 spiro atoms. The van der Waals surface area contributed by atoms with Crippen LogP contribution in [0.15, 0.2) is 0 Å². The molecule has 0 aromatic heterocycles. The highest BCUT2D eigenvalue weighted by atomic mass is 16.7. The third-order valence-corrected chi connectivity index (χ3v) is 10.4. The summed E-state index contributed by atoms with van der Waals surface area (Å²) in [4.78, 5) is 11.6. The van der Waals surface area contributed by atoms with E-state index >= 15 is 0 Å². The van der Waals surface area contributed by atoms with Crippen molar-refractivity contribution >= 4 is 5.97 Å². The van der Waals surface area contributed by atoms with Gasteiger partial charge in [0.1, 0.15) is 6.10 Å². The van der Waals surface area contributed by atoms with E-state index in [0.717, 1.165) is 51.2 Å². The van der Waals surface area contributed by atoms with Gasteiger partial charge in [-0.15, -0.1) is 0 Å². The zero-order valence-electron chi connectivity index (χ0n) is 19.0. The van der Waals surface area contributed by atoms with Crippen molar-refractivity contribution in [3.8, 4) is 0 Å². The van der Waals surface area contributed by atoms with Gasteiger partial charge in [0.05, 0.1) is 13.2 Å². The minimum atomic E-state index is -0.347. The lowest BCUT2D eigenvalue weighted by Gasteiger charge is -2.63. The summed E-state index contributed by atoms with van der Waals surface area (Å²) in [6.07, 6.45) is 9.93. The normalized spacial score (nSPS) is 49.3. The molecule has 0 unspecified atom stereocenters. The van der Waals surface area contributed by atoms with E-state index in [9.17, 15) is 9.90 Å². The predicted octanol–water partition coefficient (Wildman–Crippen LogP) is 4.31. The van der Waals surface area contributed by atoms with Crippen LogP contribution < -0.4 is 0 Å². The molecule has 0 aromatic rings. The van der Waals surface area contributed by atoms with Crippen LogP contribution in [0.1, 0.15) is 78.6 Å². The van der Waals surface area contributed by atoms with Gasteiger partial charge in [0.2, 0.25) is 0 Å². The van der Waals surface area contributed by atoms with Crippen LogP contribution in [0.5, 0.6) is 0 Å². The molecule has 5 nitrogen and oxygen atoms in total. The molecule has 0 aromatic carbocycles. The molecule has 1 aliphatic heterocycles. The van der Waals surface area contributed by atoms with Gasteiger partial charge in [0.25, 0.3) is 0 Å². The highest BCUT2D eigenvalue weighted by molar-refractivity contribution is 5.66. The Morgan fingerprint density at radius 3 is 2.43 bits per heavy atom. The second kappa shape index (κ2) is 7.45. The van der Waals surface area contributed by atoms with Gasteiger partial charge in [-0.1, -0.05) is 13.8 Å². The molecule has 5 fully saturated rings. The molecule has 5 rings (SSSR count). The number of esters is 1. The van der Waals surface area contributed by atoms with Crippen molar-refractivity contribution in [1.82, 2.24) is 0 Å². The number of ether oxygens (including phenoxy) is 3. The molecule has 0 amide bonds. The van der Waals surface area contributed by atoms with Crippen LogP contribution in [0, 0.1) is 40.4 Å². The van der Waals surface area contributed by atoms with Gasteiger partial charge in [0, 0.05) is 25.4 Å². The fourth-order valence-corrected chi connectivity index (χ4v) is 9.18. The van der Waals surface area contributed by atoms with Crippen molar-refractivity contribution in [2.45, 2.75) is 90.4 Å². The van der Waals surface area contributed by atoms with Crippen LogP contribution in [0.4, 0.5) is 0 Å². The summed E-state index contributed by atoms with van der Waals surface area (Å²) >= 11 is 0. The molecule has 0 radical (unpaired) electrons. The molecule has 8 atom stereocenters. The van der Waals surface area contributed by atoms with Crippen LogP contribution in [0.2, 0.25) is 0 Å². The number of carbonyl (C=O) groups is 1. The number of aliphatic hydroxyl groups excluding tert-OH is 1. The fraction of sp³-hybridized carbons (Fsp3) is 0.960. The van der Waals surface area contributed by atoms with E-state index in [0.29, 0.717) is 23.7 Å². The monoisotopic (exact) mass is 420 g/mol. The molecule has 0 bridgehead atoms. The SMILES string of the molecule is CC(=O)O[C@H]1CC[C@@]2(C)[C@H](C1)[C@H](CCO)C[C@@H]1[C@@H]2CC[C@@]2(C)[C@H]1CCC21OCCO1. The van der Waals surface area contributed by atoms with Gasteiger partial charge in [-0.3, -0.25) is 4.79 Å². The van der Waals surface area contributed by atoms with Crippen LogP contribution in [-0.2, 0) is 19.0 Å². The van der Waals surface area contributed by atoms with E-state index in [4.69, 9.17) is 14.2 Å². The van der Waals surface area contributed by atoms with Crippen molar-refractivity contribution in [2.24, 2.45) is 40.4 Å². The first-order valence-electron chi connectivity index (χ1n) is 12.4. The van der Waals surface area contributed by atoms with E-state index in [-0.39, 0.29) is 35.3 Å². The third kappa shape index (κ3) is 2.94. The van der Waals surface area contributed by atoms with Crippen molar-refractivity contribution in [1.29, 1.82) is 0 Å².